The van der Waals surface area contributed by atoms with E-state index in [1.54, 1.807) is 12.0 Å². The number of carbonyl (C=O) groups is 2. The van der Waals surface area contributed by atoms with Crippen LogP contribution in [0.3, 0.4) is 0 Å². The van der Waals surface area contributed by atoms with Crippen molar-refractivity contribution in [3.8, 4) is 5.75 Å². The van der Waals surface area contributed by atoms with Gasteiger partial charge in [0, 0.05) is 25.1 Å². The molecule has 0 radical (unpaired) electrons. The van der Waals surface area contributed by atoms with Crippen LogP contribution in [0.4, 0.5) is 0 Å². The van der Waals surface area contributed by atoms with E-state index in [-0.39, 0.29) is 11.8 Å². The predicted molar refractivity (Wildman–Crippen MR) is 126 cm³/mol. The van der Waals surface area contributed by atoms with Crippen molar-refractivity contribution in [3.05, 3.63) is 102 Å². The summed E-state index contributed by atoms with van der Waals surface area (Å²) in [6.45, 7) is 2.65. The number of methoxy groups -OCH3 is 1. The summed E-state index contributed by atoms with van der Waals surface area (Å²) >= 11 is 0. The molecule has 1 atom stereocenters. The lowest BCUT2D eigenvalue weighted by Crippen LogP contribution is -2.43. The quantitative estimate of drug-likeness (QED) is 0.499. The molecule has 166 valence electrons. The number of benzene rings is 3. The molecule has 0 saturated heterocycles. The first-order chi connectivity index (χ1) is 15.6. The zero-order valence-electron chi connectivity index (χ0n) is 18.7. The number of hydrogen-bond acceptors (Lipinski definition) is 3. The van der Waals surface area contributed by atoms with Gasteiger partial charge in [0.05, 0.1) is 7.11 Å². The van der Waals surface area contributed by atoms with Crippen LogP contribution in [0.2, 0.25) is 0 Å². The van der Waals surface area contributed by atoms with Gasteiger partial charge in [-0.2, -0.15) is 0 Å². The van der Waals surface area contributed by atoms with Gasteiger partial charge >= 0.3 is 0 Å². The van der Waals surface area contributed by atoms with E-state index in [2.05, 4.69) is 5.32 Å². The number of nitrogens with one attached hydrogen (secondary N) is 1. The van der Waals surface area contributed by atoms with E-state index in [4.69, 9.17) is 4.74 Å². The van der Waals surface area contributed by atoms with Gasteiger partial charge in [0.25, 0.3) is 0 Å². The average Bonchev–Trinajstić information content (AvgIpc) is 2.84. The minimum absolute atomic E-state index is 0.0438. The number of para-hydroxylation sites is 1. The molecular formula is C27H30N2O3. The first-order valence-corrected chi connectivity index (χ1v) is 10.9. The standard InChI is InChI=1S/C27H30N2O3/c1-3-12-25(30)29(20-21-13-6-4-7-14-21)26(22-15-8-5-9-16-22)27(31)28-19-23-17-10-11-18-24(23)32-2/h4-11,13-18,26H,3,12,19-20H2,1-2H3,(H,28,31)/t26-/m1/s1. The van der Waals surface area contributed by atoms with Crippen LogP contribution in [-0.4, -0.2) is 23.8 Å². The van der Waals surface area contributed by atoms with Crippen LogP contribution in [0, 0.1) is 0 Å². The Morgan fingerprint density at radius 3 is 2.19 bits per heavy atom. The Morgan fingerprint density at radius 2 is 1.53 bits per heavy atom. The van der Waals surface area contributed by atoms with Gasteiger partial charge in [-0.25, -0.2) is 0 Å². The summed E-state index contributed by atoms with van der Waals surface area (Å²) in [5, 5.41) is 3.02. The molecule has 0 bridgehead atoms. The van der Waals surface area contributed by atoms with Crippen molar-refractivity contribution in [2.24, 2.45) is 0 Å². The molecule has 0 aliphatic carbocycles. The topological polar surface area (TPSA) is 58.6 Å². The van der Waals surface area contributed by atoms with Gasteiger partial charge in [-0.05, 0) is 23.6 Å². The highest BCUT2D eigenvalue weighted by atomic mass is 16.5. The van der Waals surface area contributed by atoms with Crippen LogP contribution >= 0.6 is 0 Å². The predicted octanol–water partition coefficient (Wildman–Crippen LogP) is 4.88. The minimum atomic E-state index is -0.731. The van der Waals surface area contributed by atoms with E-state index in [0.29, 0.717) is 31.7 Å². The second kappa shape index (κ2) is 11.7. The van der Waals surface area contributed by atoms with Gasteiger partial charge in [0.15, 0.2) is 0 Å². The van der Waals surface area contributed by atoms with Gasteiger partial charge in [-0.3, -0.25) is 9.59 Å². The molecule has 0 heterocycles. The fourth-order valence-corrected chi connectivity index (χ4v) is 3.70. The van der Waals surface area contributed by atoms with Gasteiger partial charge in [-0.1, -0.05) is 85.8 Å². The molecule has 5 heteroatoms. The number of carbonyl (C=O) groups excluding carboxylic acids is 2. The molecule has 0 aromatic heterocycles. The van der Waals surface area contributed by atoms with Gasteiger partial charge in [0.1, 0.15) is 11.8 Å². The van der Waals surface area contributed by atoms with Crippen LogP contribution in [0.25, 0.3) is 0 Å². The summed E-state index contributed by atoms with van der Waals surface area (Å²) in [5.74, 6) is 0.451. The maximum absolute atomic E-state index is 13.5. The van der Waals surface area contributed by atoms with Crippen molar-refractivity contribution in [1.82, 2.24) is 10.2 Å². The molecule has 3 aromatic carbocycles. The Hall–Kier alpha value is -3.60. The van der Waals surface area contributed by atoms with Crippen molar-refractivity contribution in [1.29, 1.82) is 0 Å². The van der Waals surface area contributed by atoms with Gasteiger partial charge < -0.3 is 15.0 Å². The SMILES string of the molecule is CCCC(=O)N(Cc1ccccc1)[C@@H](C(=O)NCc1ccccc1OC)c1ccccc1. The normalized spacial score (nSPS) is 11.4. The molecule has 0 spiro atoms. The van der Waals surface area contributed by atoms with Crippen molar-refractivity contribution in [2.45, 2.75) is 38.9 Å². The van der Waals surface area contributed by atoms with Crippen LogP contribution in [0.1, 0.15) is 42.5 Å². The second-order valence-corrected chi connectivity index (χ2v) is 7.60. The first-order valence-electron chi connectivity index (χ1n) is 10.9. The van der Waals surface area contributed by atoms with Crippen LogP contribution in [-0.2, 0) is 22.7 Å². The first kappa shape index (κ1) is 23.1. The van der Waals surface area contributed by atoms with E-state index < -0.39 is 6.04 Å². The number of ether oxygens (including phenoxy) is 1. The third kappa shape index (κ3) is 5.97. The zero-order valence-corrected chi connectivity index (χ0v) is 18.7. The van der Waals surface area contributed by atoms with E-state index in [1.807, 2.05) is 91.9 Å². The highest BCUT2D eigenvalue weighted by molar-refractivity contribution is 5.88. The van der Waals surface area contributed by atoms with E-state index in [9.17, 15) is 9.59 Å². The third-order valence-corrected chi connectivity index (χ3v) is 5.30. The lowest BCUT2D eigenvalue weighted by atomic mass is 10.0. The fraction of sp³-hybridized carbons (Fsp3) is 0.259. The smallest absolute Gasteiger partial charge is 0.247 e. The molecule has 3 rings (SSSR count). The van der Waals surface area contributed by atoms with E-state index in [1.165, 1.54) is 0 Å². The number of rotatable bonds is 10. The molecule has 3 aromatic rings. The van der Waals surface area contributed by atoms with Crippen molar-refractivity contribution in [3.63, 3.8) is 0 Å². The molecule has 2 amide bonds. The summed E-state index contributed by atoms with van der Waals surface area (Å²) in [5.41, 5.74) is 2.64. The molecule has 1 N–H and O–H groups in total. The van der Waals surface area contributed by atoms with Gasteiger partial charge in [0.2, 0.25) is 11.8 Å². The lowest BCUT2D eigenvalue weighted by molar-refractivity contribution is -0.141. The number of nitrogens with zero attached hydrogens (tertiary/aromatic N) is 1. The minimum Gasteiger partial charge on any atom is -0.496 e. The fourth-order valence-electron chi connectivity index (χ4n) is 3.70. The summed E-state index contributed by atoms with van der Waals surface area (Å²) in [4.78, 5) is 28.4. The molecule has 32 heavy (non-hydrogen) atoms. The monoisotopic (exact) mass is 430 g/mol. The largest absolute Gasteiger partial charge is 0.496 e. The van der Waals surface area contributed by atoms with Crippen molar-refractivity contribution < 1.29 is 14.3 Å². The molecule has 0 aliphatic rings. The summed E-state index contributed by atoms with van der Waals surface area (Å²) < 4.78 is 5.40. The second-order valence-electron chi connectivity index (χ2n) is 7.60. The van der Waals surface area contributed by atoms with E-state index in [0.717, 1.165) is 16.7 Å². The van der Waals surface area contributed by atoms with Crippen LogP contribution < -0.4 is 10.1 Å². The lowest BCUT2D eigenvalue weighted by Gasteiger charge is -2.31. The molecule has 5 nitrogen and oxygen atoms in total. The molecule has 0 unspecified atom stereocenters. The average molecular weight is 431 g/mol. The van der Waals surface area contributed by atoms with Gasteiger partial charge in [-0.15, -0.1) is 0 Å². The number of amides is 2. The molecule has 0 fully saturated rings. The maximum atomic E-state index is 13.5. The highest BCUT2D eigenvalue weighted by Gasteiger charge is 2.31. The van der Waals surface area contributed by atoms with Crippen molar-refractivity contribution >= 4 is 11.8 Å². The Bertz CT molecular complexity index is 1010. The maximum Gasteiger partial charge on any atom is 0.247 e. The highest BCUT2D eigenvalue weighted by Crippen LogP contribution is 2.25. The Kier molecular flexibility index (Phi) is 8.44. The Labute approximate surface area is 190 Å². The summed E-state index contributed by atoms with van der Waals surface area (Å²) in [7, 11) is 1.61. The molecule has 0 saturated carbocycles. The van der Waals surface area contributed by atoms with E-state index >= 15 is 0 Å². The summed E-state index contributed by atoms with van der Waals surface area (Å²) in [6.07, 6.45) is 1.10. The number of hydrogen-bond donors (Lipinski definition) is 1. The zero-order chi connectivity index (χ0) is 22.8. The van der Waals surface area contributed by atoms with Crippen LogP contribution in [0.5, 0.6) is 5.75 Å². The Balaban J connectivity index is 1.91. The van der Waals surface area contributed by atoms with Crippen LogP contribution in [0.15, 0.2) is 84.9 Å². The molecular weight excluding hydrogens is 400 g/mol. The molecule has 0 aliphatic heterocycles. The van der Waals surface area contributed by atoms with Crippen molar-refractivity contribution in [2.75, 3.05) is 7.11 Å². The summed E-state index contributed by atoms with van der Waals surface area (Å²) in [6, 6.07) is 26.1. The Morgan fingerprint density at radius 1 is 0.906 bits per heavy atom. The third-order valence-electron chi connectivity index (χ3n) is 5.30.